The van der Waals surface area contributed by atoms with Crippen molar-refractivity contribution in [2.75, 3.05) is 11.4 Å². The number of hydrogen-bond donors (Lipinski definition) is 1. The van der Waals surface area contributed by atoms with Gasteiger partial charge in [-0.2, -0.15) is 0 Å². The molecule has 2 amide bonds. The lowest BCUT2D eigenvalue weighted by atomic mass is 10.1. The Balaban J connectivity index is 1.57. The van der Waals surface area contributed by atoms with Crippen molar-refractivity contribution >= 4 is 34.8 Å². The molecule has 1 N–H and O–H groups in total. The van der Waals surface area contributed by atoms with Crippen LogP contribution in [0.3, 0.4) is 0 Å². The third kappa shape index (κ3) is 4.18. The van der Waals surface area contributed by atoms with E-state index in [1.165, 1.54) is 12.1 Å². The second-order valence-electron chi connectivity index (χ2n) is 6.05. The second kappa shape index (κ2) is 7.53. The summed E-state index contributed by atoms with van der Waals surface area (Å²) in [5.74, 6) is -0.289. The zero-order valence-electron chi connectivity index (χ0n) is 13.7. The molecule has 0 bridgehead atoms. The van der Waals surface area contributed by atoms with Gasteiger partial charge in [0.1, 0.15) is 0 Å². The predicted molar refractivity (Wildman–Crippen MR) is 97.2 cm³/mol. The average Bonchev–Trinajstić information content (AvgIpc) is 2.96. The van der Waals surface area contributed by atoms with Crippen LogP contribution in [0.5, 0.6) is 0 Å². The summed E-state index contributed by atoms with van der Waals surface area (Å²) >= 11 is 5.86. The summed E-state index contributed by atoms with van der Waals surface area (Å²) in [6, 6.07) is 12.5. The van der Waals surface area contributed by atoms with Crippen molar-refractivity contribution in [3.63, 3.8) is 0 Å². The second-order valence-corrected chi connectivity index (χ2v) is 6.49. The van der Waals surface area contributed by atoms with Gasteiger partial charge < -0.3 is 10.2 Å². The SMILES string of the molecule is O=C(Cc1ccc([N+](=O)[O-])cc1)N[C@H]1CC(=O)N(c2ccc(Cl)cc2)C1. The number of amides is 2. The number of halogens is 1. The maximum absolute atomic E-state index is 12.2. The van der Waals surface area contributed by atoms with Crippen LogP contribution in [0.2, 0.25) is 5.02 Å². The third-order valence-electron chi connectivity index (χ3n) is 4.14. The Kier molecular flexibility index (Phi) is 5.18. The molecule has 2 aromatic rings. The van der Waals surface area contributed by atoms with Crippen LogP contribution in [0.15, 0.2) is 48.5 Å². The number of nitro benzene ring substituents is 1. The summed E-state index contributed by atoms with van der Waals surface area (Å²) in [5, 5.41) is 14.1. The van der Waals surface area contributed by atoms with Gasteiger partial charge in [0.05, 0.1) is 17.4 Å². The fraction of sp³-hybridized carbons (Fsp3) is 0.222. The minimum absolute atomic E-state index is 0.0193. The lowest BCUT2D eigenvalue weighted by Crippen LogP contribution is -2.38. The lowest BCUT2D eigenvalue weighted by Gasteiger charge is -2.17. The van der Waals surface area contributed by atoms with E-state index >= 15 is 0 Å². The van der Waals surface area contributed by atoms with E-state index in [4.69, 9.17) is 11.6 Å². The van der Waals surface area contributed by atoms with Crippen LogP contribution in [-0.4, -0.2) is 29.3 Å². The fourth-order valence-corrected chi connectivity index (χ4v) is 3.00. The number of nitrogens with zero attached hydrogens (tertiary/aromatic N) is 2. The Hall–Kier alpha value is -2.93. The smallest absolute Gasteiger partial charge is 0.269 e. The van der Waals surface area contributed by atoms with Gasteiger partial charge in [0.25, 0.3) is 5.69 Å². The molecule has 7 nitrogen and oxygen atoms in total. The van der Waals surface area contributed by atoms with E-state index in [0.717, 1.165) is 5.69 Å². The first-order valence-electron chi connectivity index (χ1n) is 8.01. The van der Waals surface area contributed by atoms with Gasteiger partial charge >= 0.3 is 0 Å². The molecule has 8 heteroatoms. The van der Waals surface area contributed by atoms with Crippen molar-refractivity contribution in [3.8, 4) is 0 Å². The van der Waals surface area contributed by atoms with Gasteiger partial charge in [-0.1, -0.05) is 23.7 Å². The highest BCUT2D eigenvalue weighted by Gasteiger charge is 2.31. The monoisotopic (exact) mass is 373 g/mol. The number of nitro groups is 1. The summed E-state index contributed by atoms with van der Waals surface area (Å²) in [7, 11) is 0. The number of hydrogen-bond acceptors (Lipinski definition) is 4. The first-order valence-corrected chi connectivity index (χ1v) is 8.39. The standard InChI is InChI=1S/C18H16ClN3O4/c19-13-3-7-15(8-4-13)21-11-14(10-18(21)24)20-17(23)9-12-1-5-16(6-2-12)22(25)26/h1-8,14H,9-11H2,(H,20,23)/t14-/m0/s1. The van der Waals surface area contributed by atoms with E-state index < -0.39 is 4.92 Å². The molecule has 2 aromatic carbocycles. The van der Waals surface area contributed by atoms with E-state index in [9.17, 15) is 19.7 Å². The molecular formula is C18H16ClN3O4. The Morgan fingerprint density at radius 2 is 1.85 bits per heavy atom. The normalized spacial score (nSPS) is 16.6. The quantitative estimate of drug-likeness (QED) is 0.644. The van der Waals surface area contributed by atoms with Crippen LogP contribution in [0, 0.1) is 10.1 Å². The highest BCUT2D eigenvalue weighted by Crippen LogP contribution is 2.23. The molecule has 0 aliphatic carbocycles. The Bertz CT molecular complexity index is 837. The highest BCUT2D eigenvalue weighted by molar-refractivity contribution is 6.30. The largest absolute Gasteiger partial charge is 0.351 e. The number of nitrogens with one attached hydrogen (secondary N) is 1. The summed E-state index contributed by atoms with van der Waals surface area (Å²) in [5.41, 5.74) is 1.40. The van der Waals surface area contributed by atoms with Gasteiger partial charge in [0.15, 0.2) is 0 Å². The molecule has 0 aromatic heterocycles. The molecule has 1 aliphatic heterocycles. The predicted octanol–water partition coefficient (Wildman–Crippen LogP) is 2.71. The fourth-order valence-electron chi connectivity index (χ4n) is 2.87. The Labute approximate surface area is 154 Å². The highest BCUT2D eigenvalue weighted by atomic mass is 35.5. The minimum atomic E-state index is -0.487. The zero-order valence-corrected chi connectivity index (χ0v) is 14.5. The Morgan fingerprint density at radius 1 is 1.19 bits per heavy atom. The number of carbonyl (C=O) groups is 2. The van der Waals surface area contributed by atoms with Crippen LogP contribution in [-0.2, 0) is 16.0 Å². The topological polar surface area (TPSA) is 92.5 Å². The maximum Gasteiger partial charge on any atom is 0.269 e. The lowest BCUT2D eigenvalue weighted by molar-refractivity contribution is -0.384. The van der Waals surface area contributed by atoms with E-state index in [-0.39, 0.29) is 36.4 Å². The van der Waals surface area contributed by atoms with Crippen molar-refractivity contribution in [2.24, 2.45) is 0 Å². The molecule has 0 saturated carbocycles. The van der Waals surface area contributed by atoms with Gasteiger partial charge in [0, 0.05) is 35.8 Å². The van der Waals surface area contributed by atoms with Crippen LogP contribution in [0.4, 0.5) is 11.4 Å². The van der Waals surface area contributed by atoms with Gasteiger partial charge in [-0.3, -0.25) is 19.7 Å². The number of anilines is 1. The molecule has 1 aliphatic rings. The number of carbonyl (C=O) groups excluding carboxylic acids is 2. The molecule has 0 spiro atoms. The van der Waals surface area contributed by atoms with E-state index in [2.05, 4.69) is 5.32 Å². The first-order chi connectivity index (χ1) is 12.4. The van der Waals surface area contributed by atoms with Crippen molar-refractivity contribution in [3.05, 3.63) is 69.2 Å². The van der Waals surface area contributed by atoms with E-state index in [0.29, 0.717) is 17.1 Å². The molecule has 1 heterocycles. The van der Waals surface area contributed by atoms with Gasteiger partial charge in [-0.25, -0.2) is 0 Å². The molecule has 134 valence electrons. The average molecular weight is 374 g/mol. The first kappa shape index (κ1) is 17.9. The van der Waals surface area contributed by atoms with Crippen LogP contribution in [0.1, 0.15) is 12.0 Å². The van der Waals surface area contributed by atoms with Crippen molar-refractivity contribution in [1.82, 2.24) is 5.32 Å². The molecule has 1 fully saturated rings. The molecule has 3 rings (SSSR count). The summed E-state index contributed by atoms with van der Waals surface area (Å²) < 4.78 is 0. The van der Waals surface area contributed by atoms with E-state index in [1.807, 2.05) is 0 Å². The van der Waals surface area contributed by atoms with Crippen molar-refractivity contribution < 1.29 is 14.5 Å². The summed E-state index contributed by atoms with van der Waals surface area (Å²) in [6.07, 6.45) is 0.332. The molecule has 0 radical (unpaired) electrons. The van der Waals surface area contributed by atoms with Crippen LogP contribution in [0.25, 0.3) is 0 Å². The molecule has 26 heavy (non-hydrogen) atoms. The number of benzene rings is 2. The van der Waals surface area contributed by atoms with Gasteiger partial charge in [-0.05, 0) is 29.8 Å². The summed E-state index contributed by atoms with van der Waals surface area (Å²) in [4.78, 5) is 36.2. The number of rotatable bonds is 5. The third-order valence-corrected chi connectivity index (χ3v) is 4.39. The van der Waals surface area contributed by atoms with Crippen LogP contribution < -0.4 is 10.2 Å². The zero-order chi connectivity index (χ0) is 18.7. The van der Waals surface area contributed by atoms with Gasteiger partial charge in [-0.15, -0.1) is 0 Å². The maximum atomic E-state index is 12.2. The molecule has 0 unspecified atom stereocenters. The van der Waals surface area contributed by atoms with E-state index in [1.54, 1.807) is 41.3 Å². The Morgan fingerprint density at radius 3 is 2.46 bits per heavy atom. The molecular weight excluding hydrogens is 358 g/mol. The molecule has 1 atom stereocenters. The van der Waals surface area contributed by atoms with Crippen molar-refractivity contribution in [1.29, 1.82) is 0 Å². The van der Waals surface area contributed by atoms with Crippen molar-refractivity contribution in [2.45, 2.75) is 18.9 Å². The number of non-ortho nitro benzene ring substituents is 1. The summed E-state index contributed by atoms with van der Waals surface area (Å²) in [6.45, 7) is 0.395. The molecule has 1 saturated heterocycles. The minimum Gasteiger partial charge on any atom is -0.351 e. The van der Waals surface area contributed by atoms with Crippen LogP contribution >= 0.6 is 11.6 Å². The van der Waals surface area contributed by atoms with Gasteiger partial charge in [0.2, 0.25) is 11.8 Å².